The third-order valence-corrected chi connectivity index (χ3v) is 2.59. The van der Waals surface area contributed by atoms with Crippen LogP contribution in [0.2, 0.25) is 10.0 Å². The molecule has 0 spiro atoms. The van der Waals surface area contributed by atoms with Crippen LogP contribution in [0.25, 0.3) is 6.08 Å². The van der Waals surface area contributed by atoms with E-state index in [-0.39, 0.29) is 12.5 Å². The molecule has 1 amide bonds. The summed E-state index contributed by atoms with van der Waals surface area (Å²) in [5.41, 5.74) is 0.685. The Kier molecular flexibility index (Phi) is 4.91. The average Bonchev–Trinajstić information content (AvgIpc) is 2.28. The maximum Gasteiger partial charge on any atom is 0.244 e. The highest BCUT2D eigenvalue weighted by molar-refractivity contribution is 6.42. The van der Waals surface area contributed by atoms with E-state index in [1.165, 1.54) is 6.08 Å². The molecule has 0 aliphatic rings. The predicted molar refractivity (Wildman–Crippen MR) is 67.3 cm³/mol. The van der Waals surface area contributed by atoms with Gasteiger partial charge in [0.15, 0.2) is 0 Å². The molecule has 0 saturated carbocycles. The van der Waals surface area contributed by atoms with E-state index < -0.39 is 0 Å². The molecule has 2 nitrogen and oxygen atoms in total. The molecule has 0 saturated heterocycles. The van der Waals surface area contributed by atoms with Gasteiger partial charge in [-0.25, -0.2) is 0 Å². The summed E-state index contributed by atoms with van der Waals surface area (Å²) in [4.78, 5) is 11.2. The number of carbonyl (C=O) groups is 1. The maximum absolute atomic E-state index is 11.2. The highest BCUT2D eigenvalue weighted by Gasteiger charge is 2.01. The van der Waals surface area contributed by atoms with Gasteiger partial charge in [-0.05, 0) is 17.7 Å². The van der Waals surface area contributed by atoms with E-state index in [1.807, 2.05) is 0 Å². The number of hydrogen-bond acceptors (Lipinski definition) is 1. The number of carbonyl (C=O) groups excluding carboxylic acids is 1. The van der Waals surface area contributed by atoms with E-state index in [0.29, 0.717) is 15.6 Å². The summed E-state index contributed by atoms with van der Waals surface area (Å²) in [5.74, 6) is 2.03. The van der Waals surface area contributed by atoms with Crippen molar-refractivity contribution in [3.8, 4) is 12.3 Å². The van der Waals surface area contributed by atoms with Gasteiger partial charge in [0.05, 0.1) is 16.6 Å². The van der Waals surface area contributed by atoms with Gasteiger partial charge in [0, 0.05) is 6.08 Å². The Balaban J connectivity index is 2.74. The van der Waals surface area contributed by atoms with E-state index in [9.17, 15) is 4.79 Å². The molecule has 1 N–H and O–H groups in total. The first kappa shape index (κ1) is 12.6. The molecule has 0 fully saturated rings. The van der Waals surface area contributed by atoms with Gasteiger partial charge in [-0.1, -0.05) is 41.3 Å². The molecular weight excluding hydrogens is 245 g/mol. The van der Waals surface area contributed by atoms with Crippen LogP contribution in [0, 0.1) is 12.3 Å². The number of hydrogen-bond donors (Lipinski definition) is 1. The molecule has 82 valence electrons. The van der Waals surface area contributed by atoms with E-state index in [4.69, 9.17) is 29.6 Å². The van der Waals surface area contributed by atoms with Crippen LogP contribution in [0.4, 0.5) is 0 Å². The quantitative estimate of drug-likeness (QED) is 0.652. The van der Waals surface area contributed by atoms with Crippen molar-refractivity contribution in [3.05, 3.63) is 39.9 Å². The minimum Gasteiger partial charge on any atom is -0.342 e. The van der Waals surface area contributed by atoms with Crippen LogP contribution in [-0.4, -0.2) is 12.5 Å². The Morgan fingerprint density at radius 3 is 2.94 bits per heavy atom. The largest absolute Gasteiger partial charge is 0.342 e. The molecule has 1 rings (SSSR count). The van der Waals surface area contributed by atoms with Crippen LogP contribution in [0.15, 0.2) is 24.3 Å². The summed E-state index contributed by atoms with van der Waals surface area (Å²) >= 11 is 11.8. The summed E-state index contributed by atoms with van der Waals surface area (Å²) in [6.07, 6.45) is 7.94. The molecule has 0 aliphatic carbocycles. The van der Waals surface area contributed by atoms with Crippen LogP contribution in [0.3, 0.4) is 0 Å². The molecule has 0 unspecified atom stereocenters. The molecule has 0 aliphatic heterocycles. The lowest BCUT2D eigenvalue weighted by Gasteiger charge is -2.00. The van der Waals surface area contributed by atoms with Crippen molar-refractivity contribution in [2.24, 2.45) is 0 Å². The van der Waals surface area contributed by atoms with E-state index >= 15 is 0 Å². The lowest BCUT2D eigenvalue weighted by molar-refractivity contribution is -0.116. The van der Waals surface area contributed by atoms with Gasteiger partial charge >= 0.3 is 0 Å². The van der Waals surface area contributed by atoms with Crippen molar-refractivity contribution in [1.29, 1.82) is 0 Å². The summed E-state index contributed by atoms with van der Waals surface area (Å²) in [6.45, 7) is 0.201. The minimum absolute atomic E-state index is 0.201. The number of amides is 1. The van der Waals surface area contributed by atoms with Gasteiger partial charge in [0.25, 0.3) is 0 Å². The summed E-state index contributed by atoms with van der Waals surface area (Å²) in [6, 6.07) is 5.20. The Labute approximate surface area is 104 Å². The lowest BCUT2D eigenvalue weighted by Crippen LogP contribution is -2.20. The molecule has 0 aromatic heterocycles. The van der Waals surface area contributed by atoms with Gasteiger partial charge in [0.1, 0.15) is 0 Å². The van der Waals surface area contributed by atoms with Crippen molar-refractivity contribution in [3.63, 3.8) is 0 Å². The second-order valence-corrected chi connectivity index (χ2v) is 3.68. The fraction of sp³-hybridized carbons (Fsp3) is 0.0833. The Hall–Kier alpha value is -1.43. The SMILES string of the molecule is C#CCNC(=O)/C=C/c1cccc(Cl)c1Cl. The smallest absolute Gasteiger partial charge is 0.244 e. The Morgan fingerprint density at radius 1 is 1.50 bits per heavy atom. The van der Waals surface area contributed by atoms with Crippen molar-refractivity contribution < 1.29 is 4.79 Å². The molecule has 0 heterocycles. The second kappa shape index (κ2) is 6.22. The van der Waals surface area contributed by atoms with E-state index in [2.05, 4.69) is 11.2 Å². The molecule has 16 heavy (non-hydrogen) atoms. The summed E-state index contributed by atoms with van der Waals surface area (Å²) < 4.78 is 0. The van der Waals surface area contributed by atoms with E-state index in [0.717, 1.165) is 0 Å². The van der Waals surface area contributed by atoms with Crippen LogP contribution in [0.5, 0.6) is 0 Å². The number of halogens is 2. The fourth-order valence-electron chi connectivity index (χ4n) is 1.01. The van der Waals surface area contributed by atoms with Gasteiger partial charge < -0.3 is 5.32 Å². The molecule has 0 radical (unpaired) electrons. The number of terminal acetylenes is 1. The van der Waals surface area contributed by atoms with Crippen molar-refractivity contribution in [2.75, 3.05) is 6.54 Å². The topological polar surface area (TPSA) is 29.1 Å². The van der Waals surface area contributed by atoms with Crippen LogP contribution in [-0.2, 0) is 4.79 Å². The third kappa shape index (κ3) is 3.62. The molecule has 1 aromatic rings. The molecule has 1 aromatic carbocycles. The first-order valence-corrected chi connectivity index (χ1v) is 5.24. The van der Waals surface area contributed by atoms with Crippen molar-refractivity contribution in [2.45, 2.75) is 0 Å². The highest BCUT2D eigenvalue weighted by atomic mass is 35.5. The van der Waals surface area contributed by atoms with Gasteiger partial charge in [-0.2, -0.15) is 0 Å². The van der Waals surface area contributed by atoms with Crippen LogP contribution >= 0.6 is 23.2 Å². The Morgan fingerprint density at radius 2 is 2.25 bits per heavy atom. The van der Waals surface area contributed by atoms with Gasteiger partial charge in [0.2, 0.25) is 5.91 Å². The summed E-state index contributed by atoms with van der Waals surface area (Å²) in [5, 5.41) is 3.37. The second-order valence-electron chi connectivity index (χ2n) is 2.90. The first-order valence-electron chi connectivity index (χ1n) is 4.48. The monoisotopic (exact) mass is 253 g/mol. The predicted octanol–water partition coefficient (Wildman–Crippen LogP) is 2.76. The molecule has 0 atom stereocenters. The minimum atomic E-state index is -0.269. The molecule has 4 heteroatoms. The highest BCUT2D eigenvalue weighted by Crippen LogP contribution is 2.26. The van der Waals surface area contributed by atoms with Gasteiger partial charge in [-0.15, -0.1) is 6.42 Å². The number of rotatable bonds is 3. The van der Waals surface area contributed by atoms with E-state index in [1.54, 1.807) is 24.3 Å². The van der Waals surface area contributed by atoms with Crippen LogP contribution < -0.4 is 5.32 Å². The average molecular weight is 254 g/mol. The Bertz CT molecular complexity index is 461. The number of nitrogens with one attached hydrogen (secondary N) is 1. The lowest BCUT2D eigenvalue weighted by atomic mass is 10.2. The van der Waals surface area contributed by atoms with Gasteiger partial charge in [-0.3, -0.25) is 4.79 Å². The standard InChI is InChI=1S/C12H9Cl2NO/c1-2-8-15-11(16)7-6-9-4-3-5-10(13)12(9)14/h1,3-7H,8H2,(H,15,16)/b7-6+. The zero-order valence-corrected chi connectivity index (χ0v) is 9.85. The molecular formula is C12H9Cl2NO. The number of benzene rings is 1. The fourth-order valence-corrected chi connectivity index (χ4v) is 1.38. The zero-order valence-electron chi connectivity index (χ0n) is 8.34. The molecule has 0 bridgehead atoms. The zero-order chi connectivity index (χ0) is 12.0. The van der Waals surface area contributed by atoms with Crippen molar-refractivity contribution >= 4 is 35.2 Å². The third-order valence-electron chi connectivity index (χ3n) is 1.76. The van der Waals surface area contributed by atoms with Crippen molar-refractivity contribution in [1.82, 2.24) is 5.32 Å². The normalized spacial score (nSPS) is 10.1. The maximum atomic E-state index is 11.2. The summed E-state index contributed by atoms with van der Waals surface area (Å²) in [7, 11) is 0. The van der Waals surface area contributed by atoms with Crippen LogP contribution in [0.1, 0.15) is 5.56 Å². The first-order chi connectivity index (χ1) is 7.65.